The Bertz CT molecular complexity index is 565. The third-order valence-corrected chi connectivity index (χ3v) is 4.40. The summed E-state index contributed by atoms with van der Waals surface area (Å²) in [5, 5.41) is 9.64. The van der Waals surface area contributed by atoms with Gasteiger partial charge in [-0.1, -0.05) is 32.9 Å². The maximum Gasteiger partial charge on any atom is 0.417 e. The van der Waals surface area contributed by atoms with Crippen LogP contribution < -0.4 is 0 Å². The van der Waals surface area contributed by atoms with Crippen LogP contribution in [0.5, 0.6) is 0 Å². The van der Waals surface area contributed by atoms with Crippen molar-refractivity contribution >= 4 is 5.91 Å². The third-order valence-electron chi connectivity index (χ3n) is 4.40. The fourth-order valence-corrected chi connectivity index (χ4v) is 2.66. The fourth-order valence-electron chi connectivity index (χ4n) is 2.66. The summed E-state index contributed by atoms with van der Waals surface area (Å²) in [6, 6.07) is 7.13. The molecule has 3 nitrogen and oxygen atoms in total. The molecule has 0 atom stereocenters. The van der Waals surface area contributed by atoms with Crippen molar-refractivity contribution in [1.29, 1.82) is 0 Å². The topological polar surface area (TPSA) is 40.5 Å². The zero-order valence-corrected chi connectivity index (χ0v) is 13.6. The van der Waals surface area contributed by atoms with Crippen LogP contribution in [-0.2, 0) is 5.41 Å². The van der Waals surface area contributed by atoms with Gasteiger partial charge in [0, 0.05) is 31.5 Å². The lowest BCUT2D eigenvalue weighted by atomic mass is 9.86. The van der Waals surface area contributed by atoms with Gasteiger partial charge in [0.25, 0.3) is 5.91 Å². The van der Waals surface area contributed by atoms with Gasteiger partial charge < -0.3 is 10.0 Å². The number of piperidine rings is 1. The van der Waals surface area contributed by atoms with Crippen molar-refractivity contribution in [3.8, 4) is 0 Å². The Morgan fingerprint density at radius 3 is 1.96 bits per heavy atom. The molecule has 0 radical (unpaired) electrons. The molecule has 0 bridgehead atoms. The maximum atomic E-state index is 12.8. The Kier molecular flexibility index (Phi) is 4.50. The number of hydrogen-bond acceptors (Lipinski definition) is 2. The van der Waals surface area contributed by atoms with Crippen molar-refractivity contribution in [2.45, 2.75) is 50.8 Å². The normalized spacial score (nSPS) is 18.8. The molecule has 23 heavy (non-hydrogen) atoms. The number of halogens is 3. The molecule has 0 spiro atoms. The fraction of sp³-hybridized carbons (Fsp3) is 0.588. The van der Waals surface area contributed by atoms with E-state index in [2.05, 4.69) is 20.8 Å². The third kappa shape index (κ3) is 3.68. The summed E-state index contributed by atoms with van der Waals surface area (Å²) in [7, 11) is 0. The summed E-state index contributed by atoms with van der Waals surface area (Å²) in [5.41, 5.74) is -1.18. The average molecular weight is 329 g/mol. The Balaban J connectivity index is 2.06. The molecule has 1 aromatic carbocycles. The number of likely N-dealkylation sites (tertiary alicyclic amines) is 1. The first-order valence-corrected chi connectivity index (χ1v) is 7.63. The van der Waals surface area contributed by atoms with Crippen molar-refractivity contribution in [2.75, 3.05) is 13.1 Å². The smallest absolute Gasteiger partial charge is 0.380 e. The predicted molar refractivity (Wildman–Crippen MR) is 81.3 cm³/mol. The number of hydrogen-bond donors (Lipinski definition) is 1. The summed E-state index contributed by atoms with van der Waals surface area (Å²) in [6.45, 7) is 5.98. The minimum atomic E-state index is -4.66. The van der Waals surface area contributed by atoms with Gasteiger partial charge in [0.05, 0.1) is 0 Å². The second-order valence-electron chi connectivity index (χ2n) is 7.15. The lowest BCUT2D eigenvalue weighted by Crippen LogP contribution is -2.54. The Morgan fingerprint density at radius 1 is 1.09 bits per heavy atom. The Morgan fingerprint density at radius 2 is 1.57 bits per heavy atom. The molecule has 1 saturated heterocycles. The highest BCUT2D eigenvalue weighted by molar-refractivity contribution is 5.94. The monoisotopic (exact) mass is 329 g/mol. The first-order chi connectivity index (χ1) is 10.4. The van der Waals surface area contributed by atoms with Crippen molar-refractivity contribution < 1.29 is 23.1 Å². The quantitative estimate of drug-likeness (QED) is 0.856. The van der Waals surface area contributed by atoms with Gasteiger partial charge in [0.15, 0.2) is 5.60 Å². The first kappa shape index (κ1) is 17.8. The van der Waals surface area contributed by atoms with Gasteiger partial charge in [-0.15, -0.1) is 0 Å². The second kappa shape index (κ2) is 5.82. The van der Waals surface area contributed by atoms with Crippen LogP contribution in [0, 0.1) is 0 Å². The lowest BCUT2D eigenvalue weighted by molar-refractivity contribution is -0.271. The molecule has 0 aromatic heterocycles. The van der Waals surface area contributed by atoms with Crippen LogP contribution >= 0.6 is 0 Å². The zero-order valence-electron chi connectivity index (χ0n) is 13.6. The van der Waals surface area contributed by atoms with Crippen LogP contribution in [0.25, 0.3) is 0 Å². The number of benzene rings is 1. The SMILES string of the molecule is CC(C)(C)c1ccc(C(=O)N2CCC(O)(C(F)(F)F)CC2)cc1. The molecule has 1 amide bonds. The maximum absolute atomic E-state index is 12.8. The molecular formula is C17H22F3NO2. The second-order valence-corrected chi connectivity index (χ2v) is 7.15. The number of carbonyl (C=O) groups is 1. The van der Waals surface area contributed by atoms with Gasteiger partial charge in [0.2, 0.25) is 0 Å². The molecule has 1 fully saturated rings. The summed E-state index contributed by atoms with van der Waals surface area (Å²) in [6.07, 6.45) is -5.62. The largest absolute Gasteiger partial charge is 0.417 e. The molecule has 0 aliphatic carbocycles. The molecule has 1 aliphatic rings. The molecule has 1 heterocycles. The molecule has 1 aliphatic heterocycles. The van der Waals surface area contributed by atoms with Crippen LogP contribution in [-0.4, -0.2) is 40.8 Å². The van der Waals surface area contributed by atoms with E-state index in [0.29, 0.717) is 5.56 Å². The highest BCUT2D eigenvalue weighted by atomic mass is 19.4. The van der Waals surface area contributed by atoms with Crippen molar-refractivity contribution in [2.24, 2.45) is 0 Å². The van der Waals surface area contributed by atoms with Gasteiger partial charge in [-0.05, 0) is 23.1 Å². The van der Waals surface area contributed by atoms with Crippen molar-refractivity contribution in [3.05, 3.63) is 35.4 Å². The highest BCUT2D eigenvalue weighted by Gasteiger charge is 2.54. The van der Waals surface area contributed by atoms with E-state index < -0.39 is 24.6 Å². The average Bonchev–Trinajstić information content (AvgIpc) is 2.45. The van der Waals surface area contributed by atoms with Gasteiger partial charge >= 0.3 is 6.18 Å². The van der Waals surface area contributed by atoms with Gasteiger partial charge in [-0.3, -0.25) is 4.79 Å². The highest BCUT2D eigenvalue weighted by Crippen LogP contribution is 2.38. The van der Waals surface area contributed by atoms with E-state index in [0.717, 1.165) is 5.56 Å². The van der Waals surface area contributed by atoms with Crippen LogP contribution in [0.4, 0.5) is 13.2 Å². The molecule has 128 valence electrons. The molecule has 1 aromatic rings. The summed E-state index contributed by atoms with van der Waals surface area (Å²) >= 11 is 0. The number of alkyl halides is 3. The molecule has 0 unspecified atom stereocenters. The van der Waals surface area contributed by atoms with E-state index >= 15 is 0 Å². The van der Waals surface area contributed by atoms with E-state index in [1.165, 1.54) is 4.90 Å². The zero-order chi connectivity index (χ0) is 17.5. The van der Waals surface area contributed by atoms with Crippen LogP contribution in [0.3, 0.4) is 0 Å². The van der Waals surface area contributed by atoms with E-state index in [1.54, 1.807) is 12.1 Å². The van der Waals surface area contributed by atoms with E-state index in [4.69, 9.17) is 0 Å². The van der Waals surface area contributed by atoms with Crippen molar-refractivity contribution in [3.63, 3.8) is 0 Å². The summed E-state index contributed by atoms with van der Waals surface area (Å²) in [4.78, 5) is 13.8. The molecule has 1 N–H and O–H groups in total. The van der Waals surface area contributed by atoms with Gasteiger partial charge in [0.1, 0.15) is 0 Å². The molecule has 6 heteroatoms. The number of rotatable bonds is 1. The van der Waals surface area contributed by atoms with Gasteiger partial charge in [-0.25, -0.2) is 0 Å². The van der Waals surface area contributed by atoms with E-state index in [9.17, 15) is 23.1 Å². The Hall–Kier alpha value is -1.56. The van der Waals surface area contributed by atoms with Gasteiger partial charge in [-0.2, -0.15) is 13.2 Å². The van der Waals surface area contributed by atoms with Crippen LogP contribution in [0.15, 0.2) is 24.3 Å². The number of nitrogens with zero attached hydrogens (tertiary/aromatic N) is 1. The molecule has 2 rings (SSSR count). The summed E-state index contributed by atoms with van der Waals surface area (Å²) < 4.78 is 38.3. The van der Waals surface area contributed by atoms with Crippen LogP contribution in [0.1, 0.15) is 49.5 Å². The number of aliphatic hydroxyl groups is 1. The standard InChI is InChI=1S/C17H22F3NO2/c1-15(2,3)13-6-4-12(5-7-13)14(22)21-10-8-16(23,9-11-21)17(18,19)20/h4-7,23H,8-11H2,1-3H3. The molecular weight excluding hydrogens is 307 g/mol. The van der Waals surface area contributed by atoms with E-state index in [-0.39, 0.29) is 24.4 Å². The number of amides is 1. The van der Waals surface area contributed by atoms with E-state index in [1.807, 2.05) is 12.1 Å². The molecule has 0 saturated carbocycles. The summed E-state index contributed by atoms with van der Waals surface area (Å²) in [5.74, 6) is -0.297. The lowest BCUT2D eigenvalue weighted by Gasteiger charge is -2.39. The predicted octanol–water partition coefficient (Wildman–Crippen LogP) is 3.51. The first-order valence-electron chi connectivity index (χ1n) is 7.63. The van der Waals surface area contributed by atoms with Crippen molar-refractivity contribution in [1.82, 2.24) is 4.90 Å². The minimum Gasteiger partial charge on any atom is -0.380 e. The Labute approximate surface area is 134 Å². The minimum absolute atomic E-state index is 0.0318. The van der Waals surface area contributed by atoms with Crippen LogP contribution in [0.2, 0.25) is 0 Å². The number of carbonyl (C=O) groups excluding carboxylic acids is 1.